The second-order valence-corrected chi connectivity index (χ2v) is 8.16. The number of rotatable bonds is 5. The minimum absolute atomic E-state index is 0.0508. The second kappa shape index (κ2) is 8.39. The van der Waals surface area contributed by atoms with E-state index in [-0.39, 0.29) is 23.5 Å². The molecule has 25 heavy (non-hydrogen) atoms. The third kappa shape index (κ3) is 4.87. The van der Waals surface area contributed by atoms with E-state index < -0.39 is 6.09 Å². The fraction of sp³-hybridized carbons (Fsp3) is 0.632. The smallest absolute Gasteiger partial charge is 0.407 e. The lowest BCUT2D eigenvalue weighted by atomic mass is 9.71. The van der Waals surface area contributed by atoms with Crippen LogP contribution in [0.1, 0.15) is 45.3 Å². The summed E-state index contributed by atoms with van der Waals surface area (Å²) in [6.07, 6.45) is 0.641. The van der Waals surface area contributed by atoms with Crippen molar-refractivity contribution in [3.63, 3.8) is 0 Å². The van der Waals surface area contributed by atoms with E-state index in [2.05, 4.69) is 20.8 Å². The van der Waals surface area contributed by atoms with Crippen molar-refractivity contribution < 1.29 is 14.6 Å². The van der Waals surface area contributed by atoms with Gasteiger partial charge in [0.2, 0.25) is 0 Å². The summed E-state index contributed by atoms with van der Waals surface area (Å²) in [7, 11) is 0. The van der Waals surface area contributed by atoms with Crippen LogP contribution >= 0.6 is 11.6 Å². The number of carbonyl (C=O) groups is 1. The largest absolute Gasteiger partial charge is 0.465 e. The van der Waals surface area contributed by atoms with Gasteiger partial charge >= 0.3 is 6.09 Å². The lowest BCUT2D eigenvalue weighted by molar-refractivity contribution is -0.0635. The number of likely N-dealkylation sites (tertiary alicyclic amines) is 1. The van der Waals surface area contributed by atoms with E-state index in [0.29, 0.717) is 24.7 Å². The molecule has 2 rings (SSSR count). The number of halogens is 1. The number of hydrogen-bond donors (Lipinski definition) is 2. The standard InChI is InChI=1S/C19H29ClN2O3/c1-19(2,3)17-15(8-5-10-22(17)18(23)24)16(25-11-9-21)13-6-4-7-14(20)12-13/h4,6-7,12,15-17H,5,8-11,21H2,1-3H3,(H,23,24)/t15?,16-,17?/m0/s1. The van der Waals surface area contributed by atoms with E-state index in [9.17, 15) is 9.90 Å². The number of nitrogens with zero attached hydrogens (tertiary/aromatic N) is 1. The van der Waals surface area contributed by atoms with Crippen LogP contribution in [0.4, 0.5) is 4.79 Å². The summed E-state index contributed by atoms with van der Waals surface area (Å²) in [6, 6.07) is 7.49. The zero-order valence-corrected chi connectivity index (χ0v) is 16.0. The van der Waals surface area contributed by atoms with Crippen LogP contribution in [0.2, 0.25) is 5.02 Å². The van der Waals surface area contributed by atoms with Crippen molar-refractivity contribution >= 4 is 17.7 Å². The van der Waals surface area contributed by atoms with Gasteiger partial charge in [0.15, 0.2) is 0 Å². The summed E-state index contributed by atoms with van der Waals surface area (Å²) in [5, 5.41) is 10.4. The summed E-state index contributed by atoms with van der Waals surface area (Å²) in [5.74, 6) is 0.0508. The zero-order valence-electron chi connectivity index (χ0n) is 15.2. The molecule has 140 valence electrons. The average molecular weight is 369 g/mol. The maximum atomic E-state index is 11.8. The highest BCUT2D eigenvalue weighted by molar-refractivity contribution is 6.30. The molecule has 1 aromatic carbocycles. The Balaban J connectivity index is 2.43. The van der Waals surface area contributed by atoms with E-state index >= 15 is 0 Å². The predicted molar refractivity (Wildman–Crippen MR) is 99.9 cm³/mol. The van der Waals surface area contributed by atoms with Crippen molar-refractivity contribution in [3.05, 3.63) is 34.9 Å². The summed E-state index contributed by atoms with van der Waals surface area (Å²) in [6.45, 7) is 7.68. The minimum atomic E-state index is -0.867. The highest BCUT2D eigenvalue weighted by Gasteiger charge is 2.45. The van der Waals surface area contributed by atoms with Crippen molar-refractivity contribution in [3.8, 4) is 0 Å². The molecule has 5 nitrogen and oxygen atoms in total. The van der Waals surface area contributed by atoms with Gasteiger partial charge in [-0.2, -0.15) is 0 Å². The van der Waals surface area contributed by atoms with Crippen LogP contribution in [0, 0.1) is 11.3 Å². The molecule has 0 aliphatic carbocycles. The predicted octanol–water partition coefficient (Wildman–Crippen LogP) is 4.16. The maximum Gasteiger partial charge on any atom is 0.407 e. The fourth-order valence-electron chi connectivity index (χ4n) is 4.01. The van der Waals surface area contributed by atoms with Crippen molar-refractivity contribution in [2.45, 2.75) is 45.8 Å². The first-order chi connectivity index (χ1) is 11.8. The summed E-state index contributed by atoms with van der Waals surface area (Å²) < 4.78 is 6.12. The summed E-state index contributed by atoms with van der Waals surface area (Å²) in [4.78, 5) is 13.4. The van der Waals surface area contributed by atoms with Gasteiger partial charge in [0.1, 0.15) is 0 Å². The van der Waals surface area contributed by atoms with Gasteiger partial charge in [-0.25, -0.2) is 4.79 Å². The lowest BCUT2D eigenvalue weighted by Gasteiger charge is -2.49. The Hall–Kier alpha value is -1.30. The molecule has 0 radical (unpaired) electrons. The van der Waals surface area contributed by atoms with Crippen LogP contribution in [-0.2, 0) is 4.74 Å². The Labute approximate surface area is 155 Å². The van der Waals surface area contributed by atoms with Crippen molar-refractivity contribution in [2.24, 2.45) is 17.1 Å². The molecule has 1 fully saturated rings. The molecule has 6 heteroatoms. The van der Waals surface area contributed by atoms with Gasteiger partial charge < -0.3 is 20.5 Å². The number of nitrogens with two attached hydrogens (primary N) is 1. The van der Waals surface area contributed by atoms with Gasteiger partial charge in [-0.1, -0.05) is 44.5 Å². The zero-order chi connectivity index (χ0) is 18.6. The Kier molecular flexibility index (Phi) is 6.72. The van der Waals surface area contributed by atoms with Crippen molar-refractivity contribution in [2.75, 3.05) is 19.7 Å². The van der Waals surface area contributed by atoms with E-state index in [4.69, 9.17) is 22.1 Å². The van der Waals surface area contributed by atoms with Crippen LogP contribution in [0.5, 0.6) is 0 Å². The number of carboxylic acid groups (broad SMARTS) is 1. The molecule has 0 aromatic heterocycles. The van der Waals surface area contributed by atoms with Crippen molar-refractivity contribution in [1.82, 2.24) is 4.90 Å². The monoisotopic (exact) mass is 368 g/mol. The topological polar surface area (TPSA) is 75.8 Å². The first-order valence-electron chi connectivity index (χ1n) is 8.82. The molecule has 3 N–H and O–H groups in total. The van der Waals surface area contributed by atoms with E-state index in [1.165, 1.54) is 0 Å². The number of hydrogen-bond acceptors (Lipinski definition) is 3. The Bertz CT molecular complexity index is 588. The maximum absolute atomic E-state index is 11.8. The van der Waals surface area contributed by atoms with Gasteiger partial charge in [-0.05, 0) is 36.0 Å². The summed E-state index contributed by atoms with van der Waals surface area (Å²) in [5.41, 5.74) is 6.43. The fourth-order valence-corrected chi connectivity index (χ4v) is 4.21. The van der Waals surface area contributed by atoms with Gasteiger partial charge in [-0.3, -0.25) is 0 Å². The SMILES string of the molecule is CC(C)(C)C1C([C@@H](OCCN)c2cccc(Cl)c2)CCCN1C(=O)O. The first-order valence-corrected chi connectivity index (χ1v) is 9.20. The lowest BCUT2D eigenvalue weighted by Crippen LogP contribution is -2.55. The normalized spacial score (nSPS) is 22.7. The number of benzene rings is 1. The molecule has 1 aromatic rings. The molecule has 3 atom stereocenters. The number of amides is 1. The van der Waals surface area contributed by atoms with Crippen LogP contribution in [0.15, 0.2) is 24.3 Å². The summed E-state index contributed by atoms with van der Waals surface area (Å²) >= 11 is 6.18. The minimum Gasteiger partial charge on any atom is -0.465 e. The first kappa shape index (κ1) is 20.0. The number of piperidine rings is 1. The Morgan fingerprint density at radius 3 is 2.76 bits per heavy atom. The molecule has 1 aliphatic rings. The average Bonchev–Trinajstić information content (AvgIpc) is 2.54. The molecular weight excluding hydrogens is 340 g/mol. The van der Waals surface area contributed by atoms with Gasteiger partial charge in [0, 0.05) is 30.1 Å². The van der Waals surface area contributed by atoms with Crippen LogP contribution in [0.3, 0.4) is 0 Å². The molecule has 1 amide bonds. The third-order valence-electron chi connectivity index (χ3n) is 4.79. The molecule has 0 bridgehead atoms. The van der Waals surface area contributed by atoms with Crippen molar-refractivity contribution in [1.29, 1.82) is 0 Å². The Morgan fingerprint density at radius 1 is 1.48 bits per heavy atom. The van der Waals surface area contributed by atoms with Crippen LogP contribution in [0.25, 0.3) is 0 Å². The second-order valence-electron chi connectivity index (χ2n) is 7.73. The molecular formula is C19H29ClN2O3. The van der Waals surface area contributed by atoms with Crippen LogP contribution in [-0.4, -0.2) is 41.8 Å². The molecule has 2 unspecified atom stereocenters. The third-order valence-corrected chi connectivity index (χ3v) is 5.03. The van der Waals surface area contributed by atoms with E-state index in [0.717, 1.165) is 18.4 Å². The van der Waals surface area contributed by atoms with E-state index in [1.54, 1.807) is 4.90 Å². The molecule has 1 aliphatic heterocycles. The highest BCUT2D eigenvalue weighted by atomic mass is 35.5. The Morgan fingerprint density at radius 2 is 2.20 bits per heavy atom. The quantitative estimate of drug-likeness (QED) is 0.818. The number of ether oxygens (including phenoxy) is 1. The molecule has 1 heterocycles. The van der Waals surface area contributed by atoms with Crippen LogP contribution < -0.4 is 5.73 Å². The molecule has 0 saturated carbocycles. The van der Waals surface area contributed by atoms with E-state index in [1.807, 2.05) is 24.3 Å². The van der Waals surface area contributed by atoms with Gasteiger partial charge in [0.05, 0.1) is 12.7 Å². The van der Waals surface area contributed by atoms with Gasteiger partial charge in [-0.15, -0.1) is 0 Å². The van der Waals surface area contributed by atoms with Gasteiger partial charge in [0.25, 0.3) is 0 Å². The molecule has 1 saturated heterocycles. The highest BCUT2D eigenvalue weighted by Crippen LogP contribution is 2.44. The molecule has 0 spiro atoms.